The van der Waals surface area contributed by atoms with Gasteiger partial charge < -0.3 is 5.11 Å². The third-order valence-corrected chi connectivity index (χ3v) is 2.64. The minimum atomic E-state index is -2.89. The van der Waals surface area contributed by atoms with Gasteiger partial charge in [0.2, 0.25) is 0 Å². The summed E-state index contributed by atoms with van der Waals surface area (Å²) >= 11 is 0. The first-order chi connectivity index (χ1) is 5.97. The van der Waals surface area contributed by atoms with Crippen LogP contribution in [0.1, 0.15) is 5.56 Å². The van der Waals surface area contributed by atoms with Gasteiger partial charge in [-0.25, -0.2) is 8.42 Å². The molecule has 0 fully saturated rings. The average Bonchev–Trinajstić information content (AvgIpc) is 2.02. The van der Waals surface area contributed by atoms with E-state index in [1.807, 2.05) is 0 Å². The van der Waals surface area contributed by atoms with Crippen molar-refractivity contribution in [2.45, 2.75) is 6.42 Å². The van der Waals surface area contributed by atoms with E-state index in [2.05, 4.69) is 0 Å². The van der Waals surface area contributed by atoms with Gasteiger partial charge in [0.1, 0.15) is 15.6 Å². The first-order valence-electron chi connectivity index (χ1n) is 3.93. The summed E-state index contributed by atoms with van der Waals surface area (Å²) in [4.78, 5) is 0. The number of benzene rings is 1. The summed E-state index contributed by atoms with van der Waals surface area (Å²) in [7, 11) is -2.89. The Morgan fingerprint density at radius 3 is 2.23 bits per heavy atom. The molecule has 1 rings (SSSR count). The summed E-state index contributed by atoms with van der Waals surface area (Å²) in [6.07, 6.45) is 1.71. The van der Waals surface area contributed by atoms with Crippen LogP contribution in [0.25, 0.3) is 0 Å². The monoisotopic (exact) mass is 200 g/mol. The van der Waals surface area contributed by atoms with Crippen molar-refractivity contribution in [1.29, 1.82) is 0 Å². The molecule has 0 aromatic heterocycles. The quantitative estimate of drug-likeness (QED) is 0.791. The Morgan fingerprint density at radius 2 is 1.77 bits per heavy atom. The molecule has 0 aliphatic heterocycles. The standard InChI is InChI=1S/C9H12O3S/c1-13(11,12)7-6-8-2-4-9(10)5-3-8/h2-5,10H,6-7H2,1H3. The zero-order chi connectivity index (χ0) is 9.90. The van der Waals surface area contributed by atoms with E-state index in [0.29, 0.717) is 6.42 Å². The predicted octanol–water partition coefficient (Wildman–Crippen LogP) is 0.979. The maximum atomic E-state index is 10.8. The molecule has 0 bridgehead atoms. The summed E-state index contributed by atoms with van der Waals surface area (Å²) in [5.74, 6) is 0.348. The second-order valence-electron chi connectivity index (χ2n) is 3.05. The van der Waals surface area contributed by atoms with Crippen LogP contribution in [0.3, 0.4) is 0 Å². The van der Waals surface area contributed by atoms with E-state index in [-0.39, 0.29) is 11.5 Å². The number of hydrogen-bond acceptors (Lipinski definition) is 3. The zero-order valence-electron chi connectivity index (χ0n) is 7.40. The highest BCUT2D eigenvalue weighted by Crippen LogP contribution is 2.10. The van der Waals surface area contributed by atoms with Gasteiger partial charge in [0.05, 0.1) is 5.75 Å². The molecule has 0 unspecified atom stereocenters. The van der Waals surface area contributed by atoms with E-state index >= 15 is 0 Å². The lowest BCUT2D eigenvalue weighted by Crippen LogP contribution is -2.05. The lowest BCUT2D eigenvalue weighted by molar-refractivity contribution is 0.475. The third kappa shape index (κ3) is 3.94. The van der Waals surface area contributed by atoms with Gasteiger partial charge in [-0.15, -0.1) is 0 Å². The number of phenols is 1. The molecule has 1 aromatic carbocycles. The van der Waals surface area contributed by atoms with E-state index < -0.39 is 9.84 Å². The topological polar surface area (TPSA) is 54.4 Å². The van der Waals surface area contributed by atoms with Crippen molar-refractivity contribution in [2.24, 2.45) is 0 Å². The summed E-state index contributed by atoms with van der Waals surface area (Å²) in [6.45, 7) is 0. The zero-order valence-corrected chi connectivity index (χ0v) is 8.21. The lowest BCUT2D eigenvalue weighted by atomic mass is 10.2. The maximum Gasteiger partial charge on any atom is 0.147 e. The molecule has 0 saturated carbocycles. The molecule has 0 aliphatic rings. The highest BCUT2D eigenvalue weighted by Gasteiger charge is 2.02. The molecule has 1 N–H and O–H groups in total. The van der Waals surface area contributed by atoms with E-state index in [1.54, 1.807) is 24.3 Å². The summed E-state index contributed by atoms with van der Waals surface area (Å²) in [6, 6.07) is 6.55. The van der Waals surface area contributed by atoms with Gasteiger partial charge >= 0.3 is 0 Å². The Labute approximate surface area is 77.9 Å². The molecule has 0 amide bonds. The van der Waals surface area contributed by atoms with Crippen LogP contribution in [0.4, 0.5) is 0 Å². The molecule has 0 aliphatic carbocycles. The Morgan fingerprint density at radius 1 is 1.23 bits per heavy atom. The first kappa shape index (κ1) is 10.1. The van der Waals surface area contributed by atoms with Crippen LogP contribution < -0.4 is 0 Å². The Kier molecular flexibility index (Phi) is 2.93. The fourth-order valence-electron chi connectivity index (χ4n) is 0.966. The number of phenolic OH excluding ortho intramolecular Hbond substituents is 1. The fourth-order valence-corrected chi connectivity index (χ4v) is 1.57. The second-order valence-corrected chi connectivity index (χ2v) is 5.31. The first-order valence-corrected chi connectivity index (χ1v) is 5.99. The molecule has 0 atom stereocenters. The van der Waals surface area contributed by atoms with Gasteiger partial charge in [-0.3, -0.25) is 0 Å². The number of aromatic hydroxyl groups is 1. The molecule has 0 heterocycles. The summed E-state index contributed by atoms with van der Waals surface area (Å²) in [5, 5.41) is 8.97. The van der Waals surface area contributed by atoms with Crippen LogP contribution >= 0.6 is 0 Å². The van der Waals surface area contributed by atoms with Gasteiger partial charge in [0.15, 0.2) is 0 Å². The second kappa shape index (κ2) is 3.79. The molecule has 0 saturated heterocycles. The normalized spacial score (nSPS) is 11.5. The van der Waals surface area contributed by atoms with E-state index in [0.717, 1.165) is 5.56 Å². The molecule has 0 radical (unpaired) electrons. The van der Waals surface area contributed by atoms with Crippen LogP contribution in [0.2, 0.25) is 0 Å². The van der Waals surface area contributed by atoms with Crippen LogP contribution in [-0.2, 0) is 16.3 Å². The summed E-state index contributed by atoms with van der Waals surface area (Å²) in [5.41, 5.74) is 0.920. The molecule has 4 heteroatoms. The summed E-state index contributed by atoms with van der Waals surface area (Å²) < 4.78 is 21.6. The Bertz CT molecular complexity index is 364. The van der Waals surface area contributed by atoms with Gasteiger partial charge in [0.25, 0.3) is 0 Å². The Hall–Kier alpha value is -1.03. The van der Waals surface area contributed by atoms with Crippen molar-refractivity contribution in [1.82, 2.24) is 0 Å². The van der Waals surface area contributed by atoms with Gasteiger partial charge in [-0.1, -0.05) is 12.1 Å². The lowest BCUT2D eigenvalue weighted by Gasteiger charge is -1.99. The smallest absolute Gasteiger partial charge is 0.147 e. The number of aryl methyl sites for hydroxylation is 1. The molecular formula is C9H12O3S. The highest BCUT2D eigenvalue weighted by molar-refractivity contribution is 7.90. The van der Waals surface area contributed by atoms with Gasteiger partial charge in [-0.2, -0.15) is 0 Å². The minimum Gasteiger partial charge on any atom is -0.508 e. The van der Waals surface area contributed by atoms with Crippen molar-refractivity contribution >= 4 is 9.84 Å². The average molecular weight is 200 g/mol. The van der Waals surface area contributed by atoms with Crippen molar-refractivity contribution in [3.63, 3.8) is 0 Å². The minimum absolute atomic E-state index is 0.151. The molecule has 1 aromatic rings. The molecule has 13 heavy (non-hydrogen) atoms. The number of hydrogen-bond donors (Lipinski definition) is 1. The SMILES string of the molecule is CS(=O)(=O)CCc1ccc(O)cc1. The van der Waals surface area contributed by atoms with Gasteiger partial charge in [-0.05, 0) is 24.1 Å². The van der Waals surface area contributed by atoms with Crippen molar-refractivity contribution in [3.05, 3.63) is 29.8 Å². The Balaban J connectivity index is 2.61. The number of sulfone groups is 1. The molecular weight excluding hydrogens is 188 g/mol. The van der Waals surface area contributed by atoms with E-state index in [1.165, 1.54) is 6.26 Å². The van der Waals surface area contributed by atoms with Crippen LogP contribution in [0.5, 0.6) is 5.75 Å². The number of rotatable bonds is 3. The largest absolute Gasteiger partial charge is 0.508 e. The van der Waals surface area contributed by atoms with Crippen molar-refractivity contribution < 1.29 is 13.5 Å². The van der Waals surface area contributed by atoms with Crippen molar-refractivity contribution in [3.8, 4) is 5.75 Å². The molecule has 72 valence electrons. The van der Waals surface area contributed by atoms with Crippen LogP contribution in [0.15, 0.2) is 24.3 Å². The third-order valence-electron chi connectivity index (χ3n) is 1.70. The molecule has 0 spiro atoms. The van der Waals surface area contributed by atoms with Crippen LogP contribution in [0, 0.1) is 0 Å². The van der Waals surface area contributed by atoms with E-state index in [9.17, 15) is 8.42 Å². The van der Waals surface area contributed by atoms with Crippen molar-refractivity contribution in [2.75, 3.05) is 12.0 Å². The fraction of sp³-hybridized carbons (Fsp3) is 0.333. The van der Waals surface area contributed by atoms with E-state index in [4.69, 9.17) is 5.11 Å². The van der Waals surface area contributed by atoms with Crippen LogP contribution in [-0.4, -0.2) is 25.5 Å². The molecule has 3 nitrogen and oxygen atoms in total. The maximum absolute atomic E-state index is 10.8. The predicted molar refractivity (Wildman–Crippen MR) is 51.5 cm³/mol. The highest BCUT2D eigenvalue weighted by atomic mass is 32.2. The van der Waals surface area contributed by atoms with Gasteiger partial charge in [0, 0.05) is 6.26 Å².